The number of nitrogens with zero attached hydrogens (tertiary/aromatic N) is 6. The van der Waals surface area contributed by atoms with Crippen LogP contribution >= 0.6 is 11.6 Å². The molecule has 0 unspecified atom stereocenters. The molecule has 31 heteroatoms. The molecular formula is C50H52ClF10N7O11S2. The average Bonchev–Trinajstić information content (AvgIpc) is 3.91. The third kappa shape index (κ3) is 14.8. The molecule has 0 spiro atoms. The van der Waals surface area contributed by atoms with Crippen molar-refractivity contribution in [3.63, 3.8) is 0 Å². The smallest absolute Gasteiger partial charge is 0.382 e. The molecule has 18 nitrogen and oxygen atoms in total. The highest BCUT2D eigenvalue weighted by Crippen LogP contribution is 2.68. The number of carbonyl (C=O) groups is 2. The van der Waals surface area contributed by atoms with Crippen molar-refractivity contribution in [2.45, 2.75) is 74.8 Å². The summed E-state index contributed by atoms with van der Waals surface area (Å²) in [5, 5.41) is 8.73. The van der Waals surface area contributed by atoms with Crippen molar-refractivity contribution in [2.75, 3.05) is 83.4 Å². The summed E-state index contributed by atoms with van der Waals surface area (Å²) in [5.41, 5.74) is -5.93. The van der Waals surface area contributed by atoms with E-state index in [1.165, 1.54) is 21.0 Å². The molecule has 2 aromatic carbocycles. The minimum absolute atomic E-state index is 0.0629. The van der Waals surface area contributed by atoms with E-state index in [0.717, 1.165) is 42.7 Å². The van der Waals surface area contributed by atoms with Gasteiger partial charge in [0.25, 0.3) is 11.8 Å². The van der Waals surface area contributed by atoms with E-state index in [2.05, 4.69) is 32.3 Å². The van der Waals surface area contributed by atoms with Crippen LogP contribution in [0.15, 0.2) is 42.5 Å². The summed E-state index contributed by atoms with van der Waals surface area (Å²) >= 11 is 6.69. The number of anilines is 1. The molecule has 5 aromatic rings. The second-order valence-corrected chi connectivity index (χ2v) is 24.1. The van der Waals surface area contributed by atoms with Gasteiger partial charge in [-0.3, -0.25) is 19.0 Å². The number of pyridine rings is 1. The molecule has 0 saturated heterocycles. The molecule has 1 saturated carbocycles. The normalized spacial score (nSPS) is 16.4. The number of nitrogens with one attached hydrogen (secondary N) is 1. The van der Waals surface area contributed by atoms with Crippen LogP contribution in [-0.4, -0.2) is 143 Å². The second-order valence-electron chi connectivity index (χ2n) is 19.3. The van der Waals surface area contributed by atoms with E-state index in [0.29, 0.717) is 32.1 Å². The van der Waals surface area contributed by atoms with Crippen LogP contribution in [0.25, 0.3) is 22.0 Å². The van der Waals surface area contributed by atoms with Crippen LogP contribution in [0, 0.1) is 29.4 Å². The van der Waals surface area contributed by atoms with Gasteiger partial charge in [0.05, 0.1) is 86.8 Å². The van der Waals surface area contributed by atoms with E-state index in [1.807, 2.05) is 0 Å². The minimum atomic E-state index is -5.23. The standard InChI is InChI=1S/C50H52ClF10N7O11S2/c1-47(2,80(4,71)72)11-10-31-6-7-32(42(62-31)37(22-28-20-29(52)23-30(53)21-28)63-38(69)25-66-45-40(44(64-66)50(59,60)61)34-24-35(34)49(45,57)58)33-8-9-36(51)41-43(33)67(27-48(54,55)56)65-46(41)68(81(5,73)74)39(70)26-79-19-18-78-17-16-77-15-14-76-13-12-75-3/h6-9,20-21,23,34-35,37H,12-19,22,24-27H2,1-5H3,(H,63,69)/t34-,35+,37-/m0/s1. The number of hydrogen-bond acceptors (Lipinski definition) is 14. The van der Waals surface area contributed by atoms with Gasteiger partial charge in [-0.2, -0.15) is 49.6 Å². The Balaban J connectivity index is 1.33. The van der Waals surface area contributed by atoms with E-state index in [1.54, 1.807) is 0 Å². The monoisotopic (exact) mass is 1220 g/mol. The first kappa shape index (κ1) is 62.7. The summed E-state index contributed by atoms with van der Waals surface area (Å²) in [6.07, 6.45) is -9.95. The number of fused-ring (bicyclic) bond motifs is 4. The quantitative estimate of drug-likeness (QED) is 0.0345. The second kappa shape index (κ2) is 24.5. The fourth-order valence-corrected chi connectivity index (χ4v) is 10.2. The Hall–Kier alpha value is -5.94. The lowest BCUT2D eigenvalue weighted by atomic mass is 9.93. The van der Waals surface area contributed by atoms with Gasteiger partial charge in [0.15, 0.2) is 21.3 Å². The van der Waals surface area contributed by atoms with Gasteiger partial charge in [-0.1, -0.05) is 23.6 Å². The van der Waals surface area contributed by atoms with Crippen LogP contribution < -0.4 is 9.62 Å². The molecule has 0 aliphatic heterocycles. The van der Waals surface area contributed by atoms with Crippen molar-refractivity contribution in [3.05, 3.63) is 93.0 Å². The lowest BCUT2D eigenvalue weighted by Crippen LogP contribution is -2.39. The Kier molecular flexibility index (Phi) is 18.9. The van der Waals surface area contributed by atoms with Crippen molar-refractivity contribution in [1.29, 1.82) is 0 Å². The van der Waals surface area contributed by atoms with Crippen molar-refractivity contribution in [3.8, 4) is 23.0 Å². The van der Waals surface area contributed by atoms with Gasteiger partial charge in [-0.05, 0) is 74.4 Å². The van der Waals surface area contributed by atoms with Gasteiger partial charge < -0.3 is 29.0 Å². The summed E-state index contributed by atoms with van der Waals surface area (Å²) in [5.74, 6) is -7.39. The SMILES string of the molecule is COCCOCCOCCOCCOCC(=O)N(c1nn(CC(F)(F)F)c2c(-c3ccc(C#CC(C)(C)S(C)(=O)=O)nc3[C@H](Cc3cc(F)cc(F)c3)NC(=O)Cn3nc(C(F)(F)F)c4c3C(F)(F)[C@@H]3C[C@H]43)ccc(Cl)c12)S(C)(=O)=O. The van der Waals surface area contributed by atoms with Gasteiger partial charge in [-0.25, -0.2) is 30.6 Å². The number of hydrogen-bond donors (Lipinski definition) is 1. The molecule has 2 aliphatic rings. The Morgan fingerprint density at radius 3 is 2.01 bits per heavy atom. The van der Waals surface area contributed by atoms with Crippen molar-refractivity contribution in [2.24, 2.45) is 5.92 Å². The zero-order chi connectivity index (χ0) is 59.6. The predicted octanol–water partition coefficient (Wildman–Crippen LogP) is 7.30. The Morgan fingerprint density at radius 2 is 1.44 bits per heavy atom. The minimum Gasteiger partial charge on any atom is -0.382 e. The first-order valence-corrected chi connectivity index (χ1v) is 28.5. The maximum atomic E-state index is 15.7. The molecule has 0 radical (unpaired) electrons. The molecule has 0 bridgehead atoms. The Labute approximate surface area is 462 Å². The zero-order valence-electron chi connectivity index (χ0n) is 43.6. The van der Waals surface area contributed by atoms with Gasteiger partial charge >= 0.3 is 12.4 Å². The van der Waals surface area contributed by atoms with E-state index in [4.69, 9.17) is 35.3 Å². The largest absolute Gasteiger partial charge is 0.435 e. The number of sulfone groups is 1. The number of amides is 2. The summed E-state index contributed by atoms with van der Waals surface area (Å²) in [6, 6.07) is 4.78. The average molecular weight is 1220 g/mol. The van der Waals surface area contributed by atoms with Gasteiger partial charge in [0.1, 0.15) is 47.5 Å². The zero-order valence-corrected chi connectivity index (χ0v) is 46.0. The summed E-state index contributed by atoms with van der Waals surface area (Å²) in [4.78, 5) is 32.7. The number of ether oxygens (including phenoxy) is 5. The molecule has 2 aliphatic carbocycles. The number of benzene rings is 2. The molecule has 3 heterocycles. The lowest BCUT2D eigenvalue weighted by Gasteiger charge is -2.23. The topological polar surface area (TPSA) is 212 Å². The summed E-state index contributed by atoms with van der Waals surface area (Å²) < 4.78 is 225. The highest BCUT2D eigenvalue weighted by atomic mass is 35.5. The molecular weight excluding hydrogens is 1160 g/mol. The fraction of sp³-hybridized carbons (Fsp3) is 0.500. The maximum Gasteiger partial charge on any atom is 0.435 e. The molecule has 7 rings (SSSR count). The molecule has 3 atom stereocenters. The number of rotatable bonds is 25. The predicted molar refractivity (Wildman–Crippen MR) is 270 cm³/mol. The number of carbonyl (C=O) groups excluding carboxylic acids is 2. The van der Waals surface area contributed by atoms with E-state index in [-0.39, 0.29) is 75.5 Å². The van der Waals surface area contributed by atoms with Crippen LogP contribution in [0.4, 0.5) is 49.7 Å². The van der Waals surface area contributed by atoms with Gasteiger partial charge in [-0.15, -0.1) is 0 Å². The van der Waals surface area contributed by atoms with Crippen LogP contribution in [0.3, 0.4) is 0 Å². The lowest BCUT2D eigenvalue weighted by molar-refractivity contribution is -0.143. The molecule has 1 N–H and O–H groups in total. The number of methoxy groups -OCH3 is 1. The summed E-state index contributed by atoms with van der Waals surface area (Å²) in [6.45, 7) is -0.659. The van der Waals surface area contributed by atoms with Crippen molar-refractivity contribution < 1.29 is 94.0 Å². The van der Waals surface area contributed by atoms with E-state index in [9.17, 15) is 61.5 Å². The van der Waals surface area contributed by atoms with Crippen LogP contribution in [-0.2, 0) is 84.7 Å². The Bertz CT molecular complexity index is 3460. The number of sulfonamides is 1. The molecule has 3 aromatic heterocycles. The first-order valence-electron chi connectivity index (χ1n) is 24.4. The van der Waals surface area contributed by atoms with E-state index < -0.39 is 155 Å². The third-order valence-corrected chi connectivity index (χ3v) is 16.1. The molecule has 1 fully saturated rings. The molecule has 81 heavy (non-hydrogen) atoms. The summed E-state index contributed by atoms with van der Waals surface area (Å²) in [7, 11) is -7.23. The molecule has 2 amide bonds. The van der Waals surface area contributed by atoms with Crippen molar-refractivity contribution >= 4 is 60.0 Å². The van der Waals surface area contributed by atoms with Crippen LogP contribution in [0.5, 0.6) is 0 Å². The highest BCUT2D eigenvalue weighted by molar-refractivity contribution is 7.93. The number of halogens is 11. The first-order chi connectivity index (χ1) is 37.7. The maximum absolute atomic E-state index is 15.7. The fourth-order valence-electron chi connectivity index (χ4n) is 8.88. The van der Waals surface area contributed by atoms with Crippen LogP contribution in [0.2, 0.25) is 5.02 Å². The van der Waals surface area contributed by atoms with Crippen molar-refractivity contribution in [1.82, 2.24) is 29.9 Å². The van der Waals surface area contributed by atoms with Crippen LogP contribution in [0.1, 0.15) is 66.1 Å². The van der Waals surface area contributed by atoms with Gasteiger partial charge in [0.2, 0.25) is 15.9 Å². The van der Waals surface area contributed by atoms with Gasteiger partial charge in [0, 0.05) is 42.0 Å². The number of alkyl halides is 8. The number of aromatic nitrogens is 5. The Morgan fingerprint density at radius 1 is 0.852 bits per heavy atom. The third-order valence-electron chi connectivity index (χ3n) is 12.8. The highest BCUT2D eigenvalue weighted by Gasteiger charge is 2.68. The van der Waals surface area contributed by atoms with E-state index >= 15 is 8.78 Å². The molecule has 442 valence electrons.